The van der Waals surface area contributed by atoms with E-state index in [1.807, 2.05) is 23.9 Å². The van der Waals surface area contributed by atoms with Crippen molar-refractivity contribution in [2.45, 2.75) is 127 Å². The van der Waals surface area contributed by atoms with Crippen LogP contribution in [-0.2, 0) is 0 Å². The summed E-state index contributed by atoms with van der Waals surface area (Å²) in [5.41, 5.74) is 0. The van der Waals surface area contributed by atoms with Gasteiger partial charge in [0.05, 0.1) is 0 Å². The van der Waals surface area contributed by atoms with Crippen molar-refractivity contribution >= 4 is 11.8 Å². The van der Waals surface area contributed by atoms with E-state index in [2.05, 4.69) is 6.92 Å². The Kier molecular flexibility index (Phi) is 17.9. The molecule has 0 aliphatic carbocycles. The predicted octanol–water partition coefficient (Wildman–Crippen LogP) is 9.53. The molecule has 0 unspecified atom stereocenters. The fourth-order valence-electron chi connectivity index (χ4n) is 3.74. The minimum atomic E-state index is 0.359. The molecule has 2 heteroatoms. The first-order valence-electron chi connectivity index (χ1n) is 12.2. The monoisotopic (exact) mass is 406 g/mol. The second kappa shape index (κ2) is 19.7. The number of rotatable bonds is 20. The van der Waals surface area contributed by atoms with Crippen molar-refractivity contribution in [3.8, 4) is 5.75 Å². The molecular formula is C26H46OS. The molecule has 0 amide bonds. The molecule has 0 saturated heterocycles. The van der Waals surface area contributed by atoms with E-state index >= 15 is 0 Å². The summed E-state index contributed by atoms with van der Waals surface area (Å²) in [6.07, 6.45) is 25.8. The van der Waals surface area contributed by atoms with Crippen molar-refractivity contribution in [1.29, 1.82) is 0 Å². The van der Waals surface area contributed by atoms with Crippen LogP contribution in [-0.4, -0.2) is 10.9 Å². The van der Waals surface area contributed by atoms with Gasteiger partial charge < -0.3 is 5.11 Å². The second-order valence-corrected chi connectivity index (χ2v) is 9.52. The van der Waals surface area contributed by atoms with Crippen LogP contribution >= 0.6 is 11.8 Å². The van der Waals surface area contributed by atoms with Gasteiger partial charge >= 0.3 is 0 Å². The number of hydrogen-bond acceptors (Lipinski definition) is 2. The van der Waals surface area contributed by atoms with Crippen molar-refractivity contribution in [2.24, 2.45) is 0 Å². The van der Waals surface area contributed by atoms with Gasteiger partial charge in [0.25, 0.3) is 0 Å². The molecule has 0 heterocycles. The molecule has 1 N–H and O–H groups in total. The third kappa shape index (κ3) is 16.3. The smallest absolute Gasteiger partial charge is 0.115 e. The fraction of sp³-hybridized carbons (Fsp3) is 0.769. The van der Waals surface area contributed by atoms with Crippen molar-refractivity contribution in [3.63, 3.8) is 0 Å². The molecule has 1 aromatic carbocycles. The van der Waals surface area contributed by atoms with E-state index in [0.29, 0.717) is 5.75 Å². The molecule has 0 aliphatic heterocycles. The van der Waals surface area contributed by atoms with Gasteiger partial charge in [-0.25, -0.2) is 0 Å². The molecule has 1 aromatic rings. The van der Waals surface area contributed by atoms with E-state index in [1.165, 1.54) is 126 Å². The Labute approximate surface area is 180 Å². The van der Waals surface area contributed by atoms with Gasteiger partial charge in [-0.3, -0.25) is 0 Å². The first kappa shape index (κ1) is 25.4. The Morgan fingerprint density at radius 1 is 0.536 bits per heavy atom. The molecule has 0 atom stereocenters. The largest absolute Gasteiger partial charge is 0.508 e. The molecule has 0 bridgehead atoms. The minimum absolute atomic E-state index is 0.359. The average Bonchev–Trinajstić information content (AvgIpc) is 2.71. The van der Waals surface area contributed by atoms with Crippen molar-refractivity contribution in [2.75, 3.05) is 5.75 Å². The Bertz CT molecular complexity index is 429. The zero-order valence-electron chi connectivity index (χ0n) is 18.6. The molecule has 1 rings (SSSR count). The Morgan fingerprint density at radius 3 is 1.29 bits per heavy atom. The van der Waals surface area contributed by atoms with Crippen molar-refractivity contribution < 1.29 is 5.11 Å². The third-order valence-corrected chi connectivity index (χ3v) is 6.70. The summed E-state index contributed by atoms with van der Waals surface area (Å²) in [5, 5.41) is 9.28. The lowest BCUT2D eigenvalue weighted by atomic mass is 10.0. The number of hydrogen-bond donors (Lipinski definition) is 1. The number of unbranched alkanes of at least 4 members (excludes halogenated alkanes) is 17. The predicted molar refractivity (Wildman–Crippen MR) is 128 cm³/mol. The van der Waals surface area contributed by atoms with Crippen LogP contribution in [0.1, 0.15) is 122 Å². The Hall–Kier alpha value is -0.630. The summed E-state index contributed by atoms with van der Waals surface area (Å²) in [6, 6.07) is 7.57. The van der Waals surface area contributed by atoms with Crippen LogP contribution in [0.25, 0.3) is 0 Å². The molecule has 162 valence electrons. The first-order valence-corrected chi connectivity index (χ1v) is 13.2. The van der Waals surface area contributed by atoms with E-state index in [9.17, 15) is 5.11 Å². The second-order valence-electron chi connectivity index (χ2n) is 8.35. The molecule has 0 aliphatic rings. The third-order valence-electron chi connectivity index (χ3n) is 5.60. The number of aromatic hydroxyl groups is 1. The summed E-state index contributed by atoms with van der Waals surface area (Å²) < 4.78 is 0. The number of benzene rings is 1. The topological polar surface area (TPSA) is 20.2 Å². The van der Waals surface area contributed by atoms with Crippen LogP contribution in [0.5, 0.6) is 5.75 Å². The number of thioether (sulfide) groups is 1. The summed E-state index contributed by atoms with van der Waals surface area (Å²) in [5.74, 6) is 1.56. The first-order chi connectivity index (χ1) is 13.8. The normalized spacial score (nSPS) is 11.2. The fourth-order valence-corrected chi connectivity index (χ4v) is 4.65. The average molecular weight is 407 g/mol. The Balaban J connectivity index is 1.70. The Morgan fingerprint density at radius 2 is 0.893 bits per heavy atom. The van der Waals surface area contributed by atoms with Crippen LogP contribution < -0.4 is 0 Å². The van der Waals surface area contributed by atoms with Crippen LogP contribution in [0, 0.1) is 0 Å². The quantitative estimate of drug-likeness (QED) is 0.172. The van der Waals surface area contributed by atoms with Gasteiger partial charge in [-0.2, -0.15) is 0 Å². The van der Waals surface area contributed by atoms with Gasteiger partial charge in [-0.1, -0.05) is 116 Å². The molecule has 0 spiro atoms. The molecule has 0 radical (unpaired) electrons. The van der Waals surface area contributed by atoms with Crippen LogP contribution in [0.4, 0.5) is 0 Å². The molecule has 0 saturated carbocycles. The molecule has 28 heavy (non-hydrogen) atoms. The van der Waals surface area contributed by atoms with E-state index in [4.69, 9.17) is 0 Å². The summed E-state index contributed by atoms with van der Waals surface area (Å²) >= 11 is 1.91. The highest BCUT2D eigenvalue weighted by Gasteiger charge is 1.97. The number of phenolic OH excluding ortho intramolecular Hbond substituents is 1. The zero-order chi connectivity index (χ0) is 20.1. The maximum absolute atomic E-state index is 9.28. The molecular weight excluding hydrogens is 360 g/mol. The van der Waals surface area contributed by atoms with Gasteiger partial charge in [0.15, 0.2) is 0 Å². The SMILES string of the molecule is CCCCCCCCCCCCCCCCCCCCSc1ccc(O)cc1. The van der Waals surface area contributed by atoms with Crippen LogP contribution in [0.3, 0.4) is 0 Å². The summed E-state index contributed by atoms with van der Waals surface area (Å²) in [6.45, 7) is 2.29. The van der Waals surface area contributed by atoms with Crippen molar-refractivity contribution in [1.82, 2.24) is 0 Å². The van der Waals surface area contributed by atoms with Crippen LogP contribution in [0.15, 0.2) is 29.2 Å². The van der Waals surface area contributed by atoms with Gasteiger partial charge in [0.2, 0.25) is 0 Å². The maximum Gasteiger partial charge on any atom is 0.115 e. The number of phenols is 1. The highest BCUT2D eigenvalue weighted by molar-refractivity contribution is 7.99. The lowest BCUT2D eigenvalue weighted by molar-refractivity contribution is 0.475. The van der Waals surface area contributed by atoms with E-state index in [-0.39, 0.29) is 0 Å². The van der Waals surface area contributed by atoms with Gasteiger partial charge in [0, 0.05) is 4.90 Å². The van der Waals surface area contributed by atoms with E-state index in [1.54, 1.807) is 12.1 Å². The molecule has 1 nitrogen and oxygen atoms in total. The molecule has 0 aromatic heterocycles. The maximum atomic E-state index is 9.28. The van der Waals surface area contributed by atoms with E-state index in [0.717, 1.165) is 0 Å². The summed E-state index contributed by atoms with van der Waals surface area (Å²) in [7, 11) is 0. The standard InChI is InChI=1S/C26H46OS/c1-2-3-4-5-6-7-8-9-10-11-12-13-14-15-16-17-18-19-24-28-26-22-20-25(27)21-23-26/h20-23,27H,2-19,24H2,1H3. The van der Waals surface area contributed by atoms with Crippen molar-refractivity contribution in [3.05, 3.63) is 24.3 Å². The summed E-state index contributed by atoms with van der Waals surface area (Å²) in [4.78, 5) is 1.27. The highest BCUT2D eigenvalue weighted by Crippen LogP contribution is 2.22. The molecule has 0 fully saturated rings. The highest BCUT2D eigenvalue weighted by atomic mass is 32.2. The zero-order valence-corrected chi connectivity index (χ0v) is 19.4. The lowest BCUT2D eigenvalue weighted by Crippen LogP contribution is -1.85. The lowest BCUT2D eigenvalue weighted by Gasteiger charge is -2.04. The van der Waals surface area contributed by atoms with Gasteiger partial charge in [0.1, 0.15) is 5.75 Å². The van der Waals surface area contributed by atoms with Crippen LogP contribution in [0.2, 0.25) is 0 Å². The van der Waals surface area contributed by atoms with E-state index < -0.39 is 0 Å². The van der Waals surface area contributed by atoms with Gasteiger partial charge in [-0.05, 0) is 36.4 Å². The van der Waals surface area contributed by atoms with Gasteiger partial charge in [-0.15, -0.1) is 11.8 Å². The minimum Gasteiger partial charge on any atom is -0.508 e.